The molecule has 28 heavy (non-hydrogen) atoms. The number of benzene rings is 2. The Labute approximate surface area is 165 Å². The molecule has 3 aromatic rings. The highest BCUT2D eigenvalue weighted by molar-refractivity contribution is 7.99. The zero-order valence-electron chi connectivity index (χ0n) is 15.0. The van der Waals surface area contributed by atoms with E-state index in [0.29, 0.717) is 34.6 Å². The lowest BCUT2D eigenvalue weighted by Gasteiger charge is -2.11. The van der Waals surface area contributed by atoms with E-state index in [1.54, 1.807) is 37.4 Å². The van der Waals surface area contributed by atoms with Crippen LogP contribution in [0, 0.1) is 0 Å². The van der Waals surface area contributed by atoms with E-state index in [4.69, 9.17) is 9.47 Å². The molecule has 1 aliphatic heterocycles. The van der Waals surface area contributed by atoms with E-state index < -0.39 is 5.91 Å². The number of aromatic nitrogens is 2. The van der Waals surface area contributed by atoms with Crippen molar-refractivity contribution in [3.05, 3.63) is 70.6 Å². The first-order valence-corrected chi connectivity index (χ1v) is 9.59. The first kappa shape index (κ1) is 18.1. The minimum atomic E-state index is -0.483. The summed E-state index contributed by atoms with van der Waals surface area (Å²) in [6.45, 7) is 0.571. The lowest BCUT2D eigenvalue weighted by molar-refractivity contribution is 0.102. The number of fused-ring (bicyclic) bond motifs is 1. The first-order chi connectivity index (χ1) is 13.7. The molecule has 0 spiro atoms. The Morgan fingerprint density at radius 1 is 1.14 bits per heavy atom. The summed E-state index contributed by atoms with van der Waals surface area (Å²) in [6, 6.07) is 14.2. The highest BCUT2D eigenvalue weighted by Crippen LogP contribution is 2.31. The number of hydrogen-bond donors (Lipinski definition) is 1. The van der Waals surface area contributed by atoms with Gasteiger partial charge >= 0.3 is 0 Å². The van der Waals surface area contributed by atoms with E-state index >= 15 is 0 Å². The number of nitrogens with zero attached hydrogens (tertiary/aromatic N) is 2. The van der Waals surface area contributed by atoms with Crippen molar-refractivity contribution in [2.24, 2.45) is 0 Å². The van der Waals surface area contributed by atoms with Crippen molar-refractivity contribution in [3.8, 4) is 17.2 Å². The lowest BCUT2D eigenvalue weighted by atomic mass is 10.2. The van der Waals surface area contributed by atoms with Gasteiger partial charge in [0.05, 0.1) is 7.11 Å². The van der Waals surface area contributed by atoms with Crippen LogP contribution in [0.3, 0.4) is 0 Å². The number of methoxy groups -OCH3 is 1. The third-order valence-corrected chi connectivity index (χ3v) is 5.18. The highest BCUT2D eigenvalue weighted by Gasteiger charge is 2.20. The molecule has 0 atom stereocenters. The summed E-state index contributed by atoms with van der Waals surface area (Å²) < 4.78 is 12.6. The van der Waals surface area contributed by atoms with Crippen molar-refractivity contribution in [1.82, 2.24) is 9.55 Å². The molecule has 1 aliphatic rings. The standard InChI is InChI=1S/C20H17N3O4S/c1-26-16-4-2-3-5-17(16)27-14-8-6-13(7-9-14)22-18(24)15-12-21-20-23(19(15)25)10-11-28-20/h2-9,12H,10-11H2,1H3,(H,22,24). The molecular weight excluding hydrogens is 378 g/mol. The topological polar surface area (TPSA) is 82.4 Å². The van der Waals surface area contributed by atoms with E-state index in [1.807, 2.05) is 18.2 Å². The summed E-state index contributed by atoms with van der Waals surface area (Å²) in [7, 11) is 1.58. The van der Waals surface area contributed by atoms with Crippen LogP contribution < -0.4 is 20.3 Å². The van der Waals surface area contributed by atoms with Crippen LogP contribution in [0.1, 0.15) is 10.4 Å². The van der Waals surface area contributed by atoms with Crippen molar-refractivity contribution < 1.29 is 14.3 Å². The molecule has 0 unspecified atom stereocenters. The van der Waals surface area contributed by atoms with Crippen molar-refractivity contribution in [3.63, 3.8) is 0 Å². The fraction of sp³-hybridized carbons (Fsp3) is 0.150. The van der Waals surface area contributed by atoms with Crippen LogP contribution >= 0.6 is 11.8 Å². The number of amides is 1. The van der Waals surface area contributed by atoms with Crippen molar-refractivity contribution in [2.45, 2.75) is 11.7 Å². The van der Waals surface area contributed by atoms with Gasteiger partial charge in [-0.15, -0.1) is 0 Å². The van der Waals surface area contributed by atoms with Crippen LogP contribution in [0.2, 0.25) is 0 Å². The van der Waals surface area contributed by atoms with Crippen molar-refractivity contribution in [2.75, 3.05) is 18.2 Å². The number of carbonyl (C=O) groups is 1. The predicted octanol–water partition coefficient (Wildman–Crippen LogP) is 3.40. The zero-order valence-corrected chi connectivity index (χ0v) is 15.9. The van der Waals surface area contributed by atoms with Gasteiger partial charge in [-0.3, -0.25) is 14.2 Å². The van der Waals surface area contributed by atoms with Gasteiger partial charge in [0.2, 0.25) is 0 Å². The number of thioether (sulfide) groups is 1. The number of para-hydroxylation sites is 2. The monoisotopic (exact) mass is 395 g/mol. The smallest absolute Gasteiger partial charge is 0.267 e. The van der Waals surface area contributed by atoms with E-state index in [1.165, 1.54) is 22.5 Å². The van der Waals surface area contributed by atoms with Crippen molar-refractivity contribution in [1.29, 1.82) is 0 Å². The minimum Gasteiger partial charge on any atom is -0.493 e. The largest absolute Gasteiger partial charge is 0.493 e. The quantitative estimate of drug-likeness (QED) is 0.667. The Bertz CT molecular complexity index is 1080. The zero-order chi connectivity index (χ0) is 19.5. The number of rotatable bonds is 5. The molecule has 0 fully saturated rings. The average molecular weight is 395 g/mol. The van der Waals surface area contributed by atoms with Gasteiger partial charge in [-0.05, 0) is 36.4 Å². The van der Waals surface area contributed by atoms with Crippen LogP contribution in [-0.4, -0.2) is 28.3 Å². The average Bonchev–Trinajstić information content (AvgIpc) is 3.20. The summed E-state index contributed by atoms with van der Waals surface area (Å²) in [5.41, 5.74) is 0.265. The molecule has 142 valence electrons. The molecular formula is C20H17N3O4S. The van der Waals surface area contributed by atoms with Crippen LogP contribution in [-0.2, 0) is 6.54 Å². The predicted molar refractivity (Wildman–Crippen MR) is 107 cm³/mol. The van der Waals surface area contributed by atoms with Crippen LogP contribution in [0.25, 0.3) is 0 Å². The lowest BCUT2D eigenvalue weighted by Crippen LogP contribution is -2.29. The Kier molecular flexibility index (Phi) is 5.03. The molecule has 2 heterocycles. The third-order valence-electron chi connectivity index (χ3n) is 4.21. The molecule has 1 amide bonds. The Morgan fingerprint density at radius 2 is 1.89 bits per heavy atom. The highest BCUT2D eigenvalue weighted by atomic mass is 32.2. The van der Waals surface area contributed by atoms with Gasteiger partial charge in [0.25, 0.3) is 11.5 Å². The van der Waals surface area contributed by atoms with Crippen LogP contribution in [0.5, 0.6) is 17.2 Å². The second kappa shape index (κ2) is 7.77. The maximum Gasteiger partial charge on any atom is 0.267 e. The summed E-state index contributed by atoms with van der Waals surface area (Å²) in [6.07, 6.45) is 1.33. The SMILES string of the molecule is COc1ccccc1Oc1ccc(NC(=O)c2cnc3n(c2=O)CCS3)cc1. The van der Waals surface area contributed by atoms with Gasteiger partial charge < -0.3 is 14.8 Å². The summed E-state index contributed by atoms with van der Waals surface area (Å²) in [4.78, 5) is 29.1. The Hall–Kier alpha value is -3.26. The second-order valence-corrected chi connectivity index (χ2v) is 7.05. The number of carbonyl (C=O) groups excluding carboxylic acids is 1. The molecule has 2 aromatic carbocycles. The van der Waals surface area contributed by atoms with E-state index in [-0.39, 0.29) is 11.1 Å². The van der Waals surface area contributed by atoms with Crippen molar-refractivity contribution >= 4 is 23.4 Å². The van der Waals surface area contributed by atoms with Crippen LogP contribution in [0.15, 0.2) is 64.7 Å². The normalized spacial score (nSPS) is 12.3. The van der Waals surface area contributed by atoms with Gasteiger partial charge in [-0.25, -0.2) is 4.98 Å². The number of anilines is 1. The van der Waals surface area contributed by atoms with Crippen LogP contribution in [0.4, 0.5) is 5.69 Å². The minimum absolute atomic E-state index is 0.0283. The fourth-order valence-electron chi connectivity index (χ4n) is 2.81. The molecule has 0 bridgehead atoms. The number of hydrogen-bond acceptors (Lipinski definition) is 6. The summed E-state index contributed by atoms with van der Waals surface area (Å²) in [5.74, 6) is 2.13. The molecule has 8 heteroatoms. The van der Waals surface area contributed by atoms with E-state index in [0.717, 1.165) is 5.75 Å². The molecule has 4 rings (SSSR count). The van der Waals surface area contributed by atoms with E-state index in [9.17, 15) is 9.59 Å². The van der Waals surface area contributed by atoms with Gasteiger partial charge in [0.15, 0.2) is 16.7 Å². The van der Waals surface area contributed by atoms with Gasteiger partial charge in [-0.1, -0.05) is 23.9 Å². The number of ether oxygens (including phenoxy) is 2. The van der Waals surface area contributed by atoms with Gasteiger partial charge in [0.1, 0.15) is 11.3 Å². The summed E-state index contributed by atoms with van der Waals surface area (Å²) in [5, 5.41) is 3.38. The fourth-order valence-corrected chi connectivity index (χ4v) is 3.72. The molecule has 0 saturated carbocycles. The summed E-state index contributed by atoms with van der Waals surface area (Å²) >= 11 is 1.51. The number of nitrogens with one attached hydrogen (secondary N) is 1. The molecule has 7 nitrogen and oxygen atoms in total. The maximum absolute atomic E-state index is 12.5. The maximum atomic E-state index is 12.5. The van der Waals surface area contributed by atoms with E-state index in [2.05, 4.69) is 10.3 Å². The molecule has 1 N–H and O–H groups in total. The molecule has 0 aliphatic carbocycles. The molecule has 0 saturated heterocycles. The molecule has 1 aromatic heterocycles. The third kappa shape index (κ3) is 3.59. The molecule has 0 radical (unpaired) electrons. The second-order valence-electron chi connectivity index (χ2n) is 5.99. The van der Waals surface area contributed by atoms with Gasteiger partial charge in [0, 0.05) is 24.2 Å². The van der Waals surface area contributed by atoms with Gasteiger partial charge in [-0.2, -0.15) is 0 Å². The Balaban J connectivity index is 1.48. The first-order valence-electron chi connectivity index (χ1n) is 8.60. The Morgan fingerprint density at radius 3 is 2.64 bits per heavy atom.